The quantitative estimate of drug-likeness (QED) is 0.674. The first-order valence-electron chi connectivity index (χ1n) is 8.59. The van der Waals surface area contributed by atoms with Crippen LogP contribution in [0.3, 0.4) is 0 Å². The Kier molecular flexibility index (Phi) is 5.28. The van der Waals surface area contributed by atoms with E-state index in [2.05, 4.69) is 4.90 Å². The van der Waals surface area contributed by atoms with Gasteiger partial charge in [-0.05, 0) is 32.3 Å². The fraction of sp³-hybridized carbons (Fsp3) is 0.286. The number of methoxy groups -OCH3 is 1. The van der Waals surface area contributed by atoms with Crippen LogP contribution in [0.15, 0.2) is 48.5 Å². The van der Waals surface area contributed by atoms with Crippen LogP contribution >= 0.6 is 0 Å². The standard InChI is InChI=1S/C21H24N2O3/c1-15(24)23-19-11-10-17(25-4)14-18(19)21(26-13-12-22(2)3)20(23)16-8-6-5-7-9-16/h5-11,14H,12-13H2,1-4H3. The maximum Gasteiger partial charge on any atom is 0.228 e. The molecule has 0 aliphatic heterocycles. The highest BCUT2D eigenvalue weighted by Gasteiger charge is 2.22. The molecule has 0 spiro atoms. The third-order valence-corrected chi connectivity index (χ3v) is 4.27. The summed E-state index contributed by atoms with van der Waals surface area (Å²) in [5.41, 5.74) is 2.54. The predicted octanol–water partition coefficient (Wildman–Crippen LogP) is 3.92. The molecular formula is C21H24N2O3. The minimum Gasteiger partial charge on any atom is -0.497 e. The predicted molar refractivity (Wildman–Crippen MR) is 104 cm³/mol. The second-order valence-electron chi connectivity index (χ2n) is 6.43. The van der Waals surface area contributed by atoms with Gasteiger partial charge in [0.15, 0.2) is 5.75 Å². The maximum absolute atomic E-state index is 12.5. The molecule has 0 saturated heterocycles. The van der Waals surface area contributed by atoms with Gasteiger partial charge in [0.05, 0.1) is 18.3 Å². The van der Waals surface area contributed by atoms with Crippen molar-refractivity contribution in [3.8, 4) is 22.8 Å². The first-order chi connectivity index (χ1) is 12.5. The van der Waals surface area contributed by atoms with Crippen LogP contribution in [0.4, 0.5) is 0 Å². The van der Waals surface area contributed by atoms with Crippen molar-refractivity contribution in [1.82, 2.24) is 9.47 Å². The summed E-state index contributed by atoms with van der Waals surface area (Å²) in [7, 11) is 5.64. The van der Waals surface area contributed by atoms with Crippen LogP contribution in [0.2, 0.25) is 0 Å². The first kappa shape index (κ1) is 18.0. The SMILES string of the molecule is COc1ccc2c(c1)c(OCCN(C)C)c(-c1ccccc1)n2C(C)=O. The molecule has 0 aliphatic carbocycles. The third-order valence-electron chi connectivity index (χ3n) is 4.27. The van der Waals surface area contributed by atoms with Gasteiger partial charge in [-0.3, -0.25) is 9.36 Å². The lowest BCUT2D eigenvalue weighted by molar-refractivity contribution is 0.0943. The number of fused-ring (bicyclic) bond motifs is 1. The lowest BCUT2D eigenvalue weighted by atomic mass is 10.1. The zero-order valence-corrected chi connectivity index (χ0v) is 15.7. The van der Waals surface area contributed by atoms with Gasteiger partial charge in [-0.2, -0.15) is 0 Å². The molecule has 0 unspecified atom stereocenters. The van der Waals surface area contributed by atoms with Gasteiger partial charge in [-0.25, -0.2) is 0 Å². The number of nitrogens with zero attached hydrogens (tertiary/aromatic N) is 2. The van der Waals surface area contributed by atoms with E-state index < -0.39 is 0 Å². The summed E-state index contributed by atoms with van der Waals surface area (Å²) < 4.78 is 13.3. The smallest absolute Gasteiger partial charge is 0.228 e. The zero-order chi connectivity index (χ0) is 18.7. The number of likely N-dealkylation sites (N-methyl/N-ethyl adjacent to an activating group) is 1. The fourth-order valence-corrected chi connectivity index (χ4v) is 3.03. The van der Waals surface area contributed by atoms with Crippen molar-refractivity contribution in [2.24, 2.45) is 0 Å². The molecule has 0 bridgehead atoms. The Hall–Kier alpha value is -2.79. The van der Waals surface area contributed by atoms with Gasteiger partial charge in [0.25, 0.3) is 0 Å². The fourth-order valence-electron chi connectivity index (χ4n) is 3.03. The number of carbonyl (C=O) groups is 1. The van der Waals surface area contributed by atoms with E-state index in [-0.39, 0.29) is 5.91 Å². The van der Waals surface area contributed by atoms with E-state index in [0.717, 1.165) is 34.5 Å². The highest BCUT2D eigenvalue weighted by atomic mass is 16.5. The molecule has 1 aromatic heterocycles. The molecule has 0 atom stereocenters. The topological polar surface area (TPSA) is 43.7 Å². The van der Waals surface area contributed by atoms with Crippen molar-refractivity contribution >= 4 is 16.8 Å². The number of ether oxygens (including phenoxy) is 2. The maximum atomic E-state index is 12.5. The number of carbonyl (C=O) groups excluding carboxylic acids is 1. The van der Waals surface area contributed by atoms with Crippen LogP contribution in [0.5, 0.6) is 11.5 Å². The Morgan fingerprint density at radius 3 is 2.46 bits per heavy atom. The molecule has 0 N–H and O–H groups in total. The normalized spacial score (nSPS) is 11.1. The Labute approximate surface area is 153 Å². The van der Waals surface area contributed by atoms with E-state index >= 15 is 0 Å². The van der Waals surface area contributed by atoms with Crippen LogP contribution in [0.25, 0.3) is 22.2 Å². The molecule has 0 saturated carbocycles. The number of benzene rings is 2. The number of aromatic nitrogens is 1. The van der Waals surface area contributed by atoms with Gasteiger partial charge < -0.3 is 14.4 Å². The van der Waals surface area contributed by atoms with Gasteiger partial charge in [0.1, 0.15) is 12.4 Å². The van der Waals surface area contributed by atoms with Crippen molar-refractivity contribution in [1.29, 1.82) is 0 Å². The molecule has 0 radical (unpaired) electrons. The summed E-state index contributed by atoms with van der Waals surface area (Å²) in [6, 6.07) is 15.5. The second kappa shape index (κ2) is 7.62. The number of hydrogen-bond donors (Lipinski definition) is 0. The number of hydrogen-bond acceptors (Lipinski definition) is 4. The van der Waals surface area contributed by atoms with Crippen LogP contribution in [0.1, 0.15) is 11.7 Å². The largest absolute Gasteiger partial charge is 0.497 e. The van der Waals surface area contributed by atoms with E-state index in [9.17, 15) is 4.79 Å². The van der Waals surface area contributed by atoms with Gasteiger partial charge in [-0.1, -0.05) is 30.3 Å². The van der Waals surface area contributed by atoms with E-state index in [0.29, 0.717) is 12.4 Å². The molecule has 26 heavy (non-hydrogen) atoms. The molecule has 136 valence electrons. The average molecular weight is 352 g/mol. The molecule has 3 aromatic rings. The lowest BCUT2D eigenvalue weighted by Gasteiger charge is -2.13. The first-order valence-corrected chi connectivity index (χ1v) is 8.59. The Balaban J connectivity index is 2.25. The van der Waals surface area contributed by atoms with Gasteiger partial charge in [0.2, 0.25) is 5.91 Å². The summed E-state index contributed by atoms with van der Waals surface area (Å²) in [5.74, 6) is 1.39. The summed E-state index contributed by atoms with van der Waals surface area (Å²) in [6.07, 6.45) is 0. The molecule has 5 nitrogen and oxygen atoms in total. The van der Waals surface area contributed by atoms with Crippen LogP contribution in [-0.4, -0.2) is 49.7 Å². The zero-order valence-electron chi connectivity index (χ0n) is 15.7. The van der Waals surface area contributed by atoms with Crippen molar-refractivity contribution in [2.75, 3.05) is 34.4 Å². The molecule has 2 aromatic carbocycles. The molecule has 3 rings (SSSR count). The third kappa shape index (κ3) is 3.44. The molecule has 0 amide bonds. The van der Waals surface area contributed by atoms with Gasteiger partial charge in [-0.15, -0.1) is 0 Å². The summed E-state index contributed by atoms with van der Waals surface area (Å²) in [5, 5.41) is 0.872. The lowest BCUT2D eigenvalue weighted by Crippen LogP contribution is -2.19. The van der Waals surface area contributed by atoms with Crippen molar-refractivity contribution < 1.29 is 14.3 Å². The van der Waals surface area contributed by atoms with E-state index in [1.807, 2.05) is 62.6 Å². The molecule has 0 fully saturated rings. The Morgan fingerprint density at radius 2 is 1.85 bits per heavy atom. The van der Waals surface area contributed by atoms with E-state index in [1.165, 1.54) is 0 Å². The number of rotatable bonds is 6. The summed E-state index contributed by atoms with van der Waals surface area (Å²) in [6.45, 7) is 2.88. The molecule has 0 aliphatic rings. The van der Waals surface area contributed by atoms with E-state index in [1.54, 1.807) is 18.6 Å². The van der Waals surface area contributed by atoms with Crippen molar-refractivity contribution in [3.63, 3.8) is 0 Å². The van der Waals surface area contributed by atoms with Gasteiger partial charge >= 0.3 is 0 Å². The highest BCUT2D eigenvalue weighted by Crippen LogP contribution is 2.41. The van der Waals surface area contributed by atoms with Crippen LogP contribution < -0.4 is 9.47 Å². The average Bonchev–Trinajstić information content (AvgIpc) is 2.96. The molecule has 1 heterocycles. The molecule has 5 heteroatoms. The van der Waals surface area contributed by atoms with Crippen molar-refractivity contribution in [3.05, 3.63) is 48.5 Å². The van der Waals surface area contributed by atoms with Gasteiger partial charge in [0, 0.05) is 24.4 Å². The Morgan fingerprint density at radius 1 is 1.12 bits per heavy atom. The summed E-state index contributed by atoms with van der Waals surface area (Å²) in [4.78, 5) is 14.5. The second-order valence-corrected chi connectivity index (χ2v) is 6.43. The minimum absolute atomic E-state index is 0.0542. The highest BCUT2D eigenvalue weighted by molar-refractivity contribution is 6.03. The van der Waals surface area contributed by atoms with Crippen LogP contribution in [-0.2, 0) is 0 Å². The minimum atomic E-state index is -0.0542. The van der Waals surface area contributed by atoms with E-state index in [4.69, 9.17) is 9.47 Å². The van der Waals surface area contributed by atoms with Crippen LogP contribution in [0, 0.1) is 0 Å². The summed E-state index contributed by atoms with van der Waals surface area (Å²) >= 11 is 0. The monoisotopic (exact) mass is 352 g/mol. The van der Waals surface area contributed by atoms with Crippen molar-refractivity contribution in [2.45, 2.75) is 6.92 Å². The molecular weight excluding hydrogens is 328 g/mol. The Bertz CT molecular complexity index is 914.